The highest BCUT2D eigenvalue weighted by Crippen LogP contribution is 2.46. The van der Waals surface area contributed by atoms with Gasteiger partial charge in [-0.15, -0.1) is 0 Å². The van der Waals surface area contributed by atoms with Crippen molar-refractivity contribution < 1.29 is 19.1 Å². The number of benzene rings is 2. The minimum Gasteiger partial charge on any atom is -0.487 e. The minimum absolute atomic E-state index is 0.0350. The summed E-state index contributed by atoms with van der Waals surface area (Å²) in [5, 5.41) is 1.08. The van der Waals surface area contributed by atoms with Crippen LogP contribution in [0, 0.1) is 5.41 Å². The van der Waals surface area contributed by atoms with Crippen molar-refractivity contribution in [1.82, 2.24) is 4.98 Å². The molecule has 0 bridgehead atoms. The maximum absolute atomic E-state index is 12.0. The topological polar surface area (TPSA) is 65.5 Å². The molecule has 0 saturated heterocycles. The van der Waals surface area contributed by atoms with Crippen LogP contribution in [0.4, 0.5) is 0 Å². The molecule has 0 radical (unpaired) electrons. The molecule has 0 unspecified atom stereocenters. The molecule has 0 spiro atoms. The van der Waals surface area contributed by atoms with E-state index in [4.69, 9.17) is 9.47 Å². The third-order valence-corrected chi connectivity index (χ3v) is 4.99. The fraction of sp³-hybridized carbons (Fsp3) is 0.261. The van der Waals surface area contributed by atoms with Gasteiger partial charge < -0.3 is 9.47 Å². The molecule has 1 heterocycles. The van der Waals surface area contributed by atoms with E-state index in [-0.39, 0.29) is 6.42 Å². The van der Waals surface area contributed by atoms with Crippen molar-refractivity contribution in [3.05, 3.63) is 71.9 Å². The van der Waals surface area contributed by atoms with Crippen molar-refractivity contribution in [2.75, 3.05) is 0 Å². The van der Waals surface area contributed by atoms with Gasteiger partial charge in [-0.2, -0.15) is 0 Å². The van der Waals surface area contributed by atoms with Crippen LogP contribution >= 0.6 is 0 Å². The quantitative estimate of drug-likeness (QED) is 0.477. The van der Waals surface area contributed by atoms with Gasteiger partial charge in [0.15, 0.2) is 0 Å². The molecular weight excluding hydrogens is 354 g/mol. The number of rotatable bonds is 6. The van der Waals surface area contributed by atoms with Crippen molar-refractivity contribution in [1.29, 1.82) is 0 Å². The second-order valence-electron chi connectivity index (χ2n) is 7.43. The summed E-state index contributed by atoms with van der Waals surface area (Å²) in [4.78, 5) is 28.5. The fourth-order valence-corrected chi connectivity index (χ4v) is 2.91. The second kappa shape index (κ2) is 7.43. The van der Waals surface area contributed by atoms with E-state index < -0.39 is 17.4 Å². The predicted octanol–water partition coefficient (Wildman–Crippen LogP) is 4.23. The zero-order valence-electron chi connectivity index (χ0n) is 15.7. The molecule has 1 saturated carbocycles. The third-order valence-electron chi connectivity index (χ3n) is 4.99. The summed E-state index contributed by atoms with van der Waals surface area (Å²) in [7, 11) is 0. The number of fused-ring (bicyclic) bond motifs is 1. The molecule has 1 aliphatic rings. The molecule has 0 amide bonds. The van der Waals surface area contributed by atoms with Crippen LogP contribution < -0.4 is 4.74 Å². The molecule has 5 nitrogen and oxygen atoms in total. The van der Waals surface area contributed by atoms with Crippen LogP contribution in [-0.4, -0.2) is 16.9 Å². The Bertz CT molecular complexity index is 1040. The first-order valence-corrected chi connectivity index (χ1v) is 9.33. The summed E-state index contributed by atoms with van der Waals surface area (Å²) >= 11 is 0. The van der Waals surface area contributed by atoms with Crippen molar-refractivity contribution >= 4 is 22.8 Å². The Morgan fingerprint density at radius 1 is 1.04 bits per heavy atom. The van der Waals surface area contributed by atoms with Gasteiger partial charge in [0.05, 0.1) is 23.0 Å². The van der Waals surface area contributed by atoms with E-state index >= 15 is 0 Å². The average Bonchev–Trinajstić information content (AvgIpc) is 3.45. The molecular formula is C23H21NO4. The van der Waals surface area contributed by atoms with Crippen LogP contribution in [0.15, 0.2) is 60.7 Å². The summed E-state index contributed by atoms with van der Waals surface area (Å²) in [5.41, 5.74) is 2.02. The lowest BCUT2D eigenvalue weighted by atomic mass is 10.1. The number of ether oxygens (including phenoxy) is 2. The second-order valence-corrected chi connectivity index (χ2v) is 7.43. The number of nitrogens with zero attached hydrogens (tertiary/aromatic N) is 1. The Hall–Kier alpha value is -3.21. The van der Waals surface area contributed by atoms with E-state index in [1.54, 1.807) is 6.07 Å². The number of esters is 2. The molecule has 3 aromatic rings. The lowest BCUT2D eigenvalue weighted by Gasteiger charge is -2.09. The van der Waals surface area contributed by atoms with Gasteiger partial charge in [0.2, 0.25) is 0 Å². The van der Waals surface area contributed by atoms with Crippen molar-refractivity contribution in [3.63, 3.8) is 0 Å². The Kier molecular flexibility index (Phi) is 4.82. The van der Waals surface area contributed by atoms with Crippen molar-refractivity contribution in [2.45, 2.75) is 32.8 Å². The standard InChI is InChI=1S/C23H21NO4/c1-23(11-12-23)22(26)28-21(25)14-16-5-4-7-19(13-16)27-15-18-10-9-17-6-2-3-8-20(17)24-18/h2-10,13H,11-12,14-15H2,1H3. The Labute approximate surface area is 163 Å². The number of carbonyl (C=O) groups excluding carboxylic acids is 2. The number of pyridine rings is 1. The lowest BCUT2D eigenvalue weighted by Crippen LogP contribution is -2.21. The molecule has 1 aliphatic carbocycles. The van der Waals surface area contributed by atoms with Gasteiger partial charge in [-0.05, 0) is 49.6 Å². The largest absolute Gasteiger partial charge is 0.487 e. The first kappa shape index (κ1) is 18.2. The van der Waals surface area contributed by atoms with E-state index in [0.29, 0.717) is 12.4 Å². The number of hydrogen-bond donors (Lipinski definition) is 0. The molecule has 2 aromatic carbocycles. The highest BCUT2D eigenvalue weighted by Gasteiger charge is 2.47. The van der Waals surface area contributed by atoms with Gasteiger partial charge in [0.1, 0.15) is 12.4 Å². The van der Waals surface area contributed by atoms with E-state index in [0.717, 1.165) is 35.0 Å². The monoisotopic (exact) mass is 375 g/mol. The molecule has 28 heavy (non-hydrogen) atoms. The van der Waals surface area contributed by atoms with Crippen LogP contribution in [0.3, 0.4) is 0 Å². The number of para-hydroxylation sites is 1. The molecule has 0 aliphatic heterocycles. The predicted molar refractivity (Wildman–Crippen MR) is 105 cm³/mol. The summed E-state index contributed by atoms with van der Waals surface area (Å²) in [6.07, 6.45) is 1.60. The number of hydrogen-bond acceptors (Lipinski definition) is 5. The zero-order chi connectivity index (χ0) is 19.6. The van der Waals surface area contributed by atoms with Crippen LogP contribution in [0.25, 0.3) is 10.9 Å². The summed E-state index contributed by atoms with van der Waals surface area (Å²) < 4.78 is 10.8. The van der Waals surface area contributed by atoms with Crippen molar-refractivity contribution in [2.24, 2.45) is 5.41 Å². The first-order valence-electron chi connectivity index (χ1n) is 9.33. The summed E-state index contributed by atoms with van der Waals surface area (Å²) in [6.45, 7) is 2.15. The Balaban J connectivity index is 1.36. The average molecular weight is 375 g/mol. The maximum Gasteiger partial charge on any atom is 0.319 e. The molecule has 1 aromatic heterocycles. The summed E-state index contributed by atoms with van der Waals surface area (Å²) in [5.74, 6) is -0.320. The lowest BCUT2D eigenvalue weighted by molar-refractivity contribution is -0.162. The minimum atomic E-state index is -0.536. The highest BCUT2D eigenvalue weighted by molar-refractivity contribution is 5.91. The van der Waals surface area contributed by atoms with Crippen LogP contribution in [0.1, 0.15) is 31.0 Å². The smallest absolute Gasteiger partial charge is 0.319 e. The highest BCUT2D eigenvalue weighted by atomic mass is 16.6. The molecule has 142 valence electrons. The van der Waals surface area contributed by atoms with Gasteiger partial charge in [-0.1, -0.05) is 36.4 Å². The van der Waals surface area contributed by atoms with Crippen LogP contribution in [-0.2, 0) is 27.4 Å². The third kappa shape index (κ3) is 4.19. The van der Waals surface area contributed by atoms with E-state index in [9.17, 15) is 9.59 Å². The van der Waals surface area contributed by atoms with Gasteiger partial charge in [-0.25, -0.2) is 4.98 Å². The SMILES string of the molecule is CC1(C(=O)OC(=O)Cc2cccc(OCc3ccc4ccccc4n3)c2)CC1. The zero-order valence-corrected chi connectivity index (χ0v) is 15.7. The molecule has 0 N–H and O–H groups in total. The normalized spacial score (nSPS) is 14.5. The first-order chi connectivity index (χ1) is 13.5. The van der Waals surface area contributed by atoms with E-state index in [1.165, 1.54) is 0 Å². The Morgan fingerprint density at radius 3 is 2.68 bits per heavy atom. The number of carbonyl (C=O) groups is 2. The van der Waals surface area contributed by atoms with Crippen molar-refractivity contribution in [3.8, 4) is 5.75 Å². The Morgan fingerprint density at radius 2 is 1.86 bits per heavy atom. The molecule has 1 fully saturated rings. The van der Waals surface area contributed by atoms with E-state index in [1.807, 2.05) is 61.5 Å². The van der Waals surface area contributed by atoms with Gasteiger partial charge in [-0.3, -0.25) is 9.59 Å². The van der Waals surface area contributed by atoms with E-state index in [2.05, 4.69) is 4.98 Å². The maximum atomic E-state index is 12.0. The van der Waals surface area contributed by atoms with Crippen LogP contribution in [0.5, 0.6) is 5.75 Å². The van der Waals surface area contributed by atoms with Gasteiger partial charge in [0, 0.05) is 5.39 Å². The molecule has 0 atom stereocenters. The van der Waals surface area contributed by atoms with Crippen LogP contribution in [0.2, 0.25) is 0 Å². The molecule has 5 heteroatoms. The number of aromatic nitrogens is 1. The fourth-order valence-electron chi connectivity index (χ4n) is 2.91. The van der Waals surface area contributed by atoms with Gasteiger partial charge in [0.25, 0.3) is 0 Å². The molecule has 4 rings (SSSR count). The van der Waals surface area contributed by atoms with Gasteiger partial charge >= 0.3 is 11.9 Å². The summed E-state index contributed by atoms with van der Waals surface area (Å²) in [6, 6.07) is 19.1.